The number of hydrogen-bond acceptors (Lipinski definition) is 3. The van der Waals surface area contributed by atoms with Crippen LogP contribution in [0, 0.1) is 23.7 Å². The number of carboxylic acids is 1. The largest absolute Gasteiger partial charge is 0.481 e. The van der Waals surface area contributed by atoms with E-state index in [1.54, 1.807) is 11.8 Å². The number of β-amino-alcohol motifs (C(OH)–C–C–N with tert-alkyl or cyclic N) is 1. The molecule has 0 aromatic rings. The standard InChI is InChI=1S/C13H17NO4/c1-13(18)5-14(6-13)11(15)9-7-2-3-8(4-7)10(9)12(16)17/h2-3,7-10,18H,4-6H2,1H3,(H,16,17)/t7?,8?,9-,10+/m0/s1. The van der Waals surface area contributed by atoms with Crippen LogP contribution in [0.2, 0.25) is 0 Å². The minimum absolute atomic E-state index is 0.00300. The molecule has 0 aromatic carbocycles. The van der Waals surface area contributed by atoms with Gasteiger partial charge in [0.2, 0.25) is 5.91 Å². The Morgan fingerprint density at radius 3 is 2.28 bits per heavy atom. The van der Waals surface area contributed by atoms with Crippen molar-refractivity contribution in [2.75, 3.05) is 13.1 Å². The van der Waals surface area contributed by atoms with E-state index in [2.05, 4.69) is 0 Å². The van der Waals surface area contributed by atoms with Gasteiger partial charge >= 0.3 is 5.97 Å². The number of aliphatic carboxylic acids is 1. The molecule has 3 aliphatic rings. The number of fused-ring (bicyclic) bond motifs is 2. The molecule has 1 amide bonds. The maximum atomic E-state index is 12.3. The van der Waals surface area contributed by atoms with Gasteiger partial charge in [-0.3, -0.25) is 9.59 Å². The average molecular weight is 251 g/mol. The molecule has 2 N–H and O–H groups in total. The van der Waals surface area contributed by atoms with Crippen LogP contribution in [0.5, 0.6) is 0 Å². The van der Waals surface area contributed by atoms with Crippen molar-refractivity contribution in [3.63, 3.8) is 0 Å². The summed E-state index contributed by atoms with van der Waals surface area (Å²) in [7, 11) is 0. The van der Waals surface area contributed by atoms with Gasteiger partial charge < -0.3 is 15.1 Å². The molecule has 3 rings (SSSR count). The summed E-state index contributed by atoms with van der Waals surface area (Å²) in [6, 6.07) is 0. The molecule has 1 saturated heterocycles. The fraction of sp³-hybridized carbons (Fsp3) is 0.692. The van der Waals surface area contributed by atoms with Gasteiger partial charge in [-0.05, 0) is 25.2 Å². The van der Waals surface area contributed by atoms with E-state index in [0.29, 0.717) is 13.1 Å². The number of carbonyl (C=O) groups excluding carboxylic acids is 1. The fourth-order valence-corrected chi connectivity index (χ4v) is 3.64. The number of aliphatic hydroxyl groups is 1. The lowest BCUT2D eigenvalue weighted by Gasteiger charge is -2.46. The van der Waals surface area contributed by atoms with Crippen LogP contribution < -0.4 is 0 Å². The highest BCUT2D eigenvalue weighted by Crippen LogP contribution is 2.49. The van der Waals surface area contributed by atoms with Crippen LogP contribution in [0.3, 0.4) is 0 Å². The third kappa shape index (κ3) is 1.57. The van der Waals surface area contributed by atoms with E-state index in [1.807, 2.05) is 12.2 Å². The Hall–Kier alpha value is -1.36. The Labute approximate surface area is 105 Å². The molecule has 0 radical (unpaired) electrons. The van der Waals surface area contributed by atoms with Gasteiger partial charge in [-0.15, -0.1) is 0 Å². The summed E-state index contributed by atoms with van der Waals surface area (Å²) in [6.07, 6.45) is 4.68. The molecule has 2 aliphatic carbocycles. The molecule has 1 heterocycles. The number of nitrogens with zero attached hydrogens (tertiary/aromatic N) is 1. The smallest absolute Gasteiger partial charge is 0.307 e. The number of hydrogen-bond donors (Lipinski definition) is 2. The average Bonchev–Trinajstić information content (AvgIpc) is 2.83. The SMILES string of the molecule is CC1(O)CN(C(=O)[C@H]2C3C=CC(C3)[C@H]2C(=O)O)C1. The summed E-state index contributed by atoms with van der Waals surface area (Å²) in [4.78, 5) is 25.2. The van der Waals surface area contributed by atoms with Crippen LogP contribution in [0.4, 0.5) is 0 Å². The van der Waals surface area contributed by atoms with Crippen LogP contribution in [-0.4, -0.2) is 45.7 Å². The first-order valence-electron chi connectivity index (χ1n) is 6.31. The van der Waals surface area contributed by atoms with Gasteiger partial charge in [-0.25, -0.2) is 0 Å². The van der Waals surface area contributed by atoms with Crippen molar-refractivity contribution in [1.82, 2.24) is 4.90 Å². The first kappa shape index (κ1) is 11.7. The number of amides is 1. The quantitative estimate of drug-likeness (QED) is 0.682. The van der Waals surface area contributed by atoms with Crippen LogP contribution in [0.25, 0.3) is 0 Å². The highest BCUT2D eigenvalue weighted by molar-refractivity contribution is 5.87. The van der Waals surface area contributed by atoms with Crippen LogP contribution in [-0.2, 0) is 9.59 Å². The van der Waals surface area contributed by atoms with Crippen molar-refractivity contribution >= 4 is 11.9 Å². The van der Waals surface area contributed by atoms with E-state index in [-0.39, 0.29) is 17.7 Å². The lowest BCUT2D eigenvalue weighted by atomic mass is 9.80. The van der Waals surface area contributed by atoms with Crippen LogP contribution in [0.15, 0.2) is 12.2 Å². The molecule has 18 heavy (non-hydrogen) atoms. The number of allylic oxidation sites excluding steroid dienone is 2. The molecule has 2 unspecified atom stereocenters. The number of likely N-dealkylation sites (tertiary alicyclic amines) is 1. The second kappa shape index (κ2) is 3.57. The van der Waals surface area contributed by atoms with Crippen molar-refractivity contribution < 1.29 is 19.8 Å². The normalized spacial score (nSPS) is 39.8. The molecule has 0 spiro atoms. The lowest BCUT2D eigenvalue weighted by Crippen LogP contribution is -2.63. The first-order valence-corrected chi connectivity index (χ1v) is 6.31. The summed E-state index contributed by atoms with van der Waals surface area (Å²) in [5.41, 5.74) is -0.804. The maximum absolute atomic E-state index is 12.3. The molecule has 1 saturated carbocycles. The second-order valence-corrected chi connectivity index (χ2v) is 6.03. The molecule has 98 valence electrons. The fourth-order valence-electron chi connectivity index (χ4n) is 3.64. The summed E-state index contributed by atoms with van der Waals surface area (Å²) >= 11 is 0. The minimum Gasteiger partial charge on any atom is -0.481 e. The summed E-state index contributed by atoms with van der Waals surface area (Å²) < 4.78 is 0. The number of rotatable bonds is 2. The van der Waals surface area contributed by atoms with Crippen molar-refractivity contribution in [3.05, 3.63) is 12.2 Å². The Kier molecular flexibility index (Phi) is 2.32. The Morgan fingerprint density at radius 2 is 1.78 bits per heavy atom. The Bertz CT molecular complexity index is 434. The van der Waals surface area contributed by atoms with Crippen LogP contribution in [0.1, 0.15) is 13.3 Å². The van der Waals surface area contributed by atoms with E-state index in [1.165, 1.54) is 0 Å². The van der Waals surface area contributed by atoms with Gasteiger partial charge in [-0.2, -0.15) is 0 Å². The van der Waals surface area contributed by atoms with E-state index in [0.717, 1.165) is 6.42 Å². The van der Waals surface area contributed by atoms with Gasteiger partial charge in [0.1, 0.15) is 0 Å². The maximum Gasteiger partial charge on any atom is 0.307 e. The van der Waals surface area contributed by atoms with E-state index in [9.17, 15) is 19.8 Å². The first-order chi connectivity index (χ1) is 8.39. The van der Waals surface area contributed by atoms with E-state index < -0.39 is 23.4 Å². The lowest BCUT2D eigenvalue weighted by molar-refractivity contribution is -0.163. The van der Waals surface area contributed by atoms with Crippen molar-refractivity contribution in [2.45, 2.75) is 18.9 Å². The van der Waals surface area contributed by atoms with E-state index in [4.69, 9.17) is 0 Å². The highest BCUT2D eigenvalue weighted by atomic mass is 16.4. The van der Waals surface area contributed by atoms with Crippen molar-refractivity contribution in [1.29, 1.82) is 0 Å². The number of carbonyl (C=O) groups is 2. The molecule has 4 atom stereocenters. The van der Waals surface area contributed by atoms with Gasteiger partial charge in [0, 0.05) is 0 Å². The monoisotopic (exact) mass is 251 g/mol. The summed E-state index contributed by atoms with van der Waals surface area (Å²) in [6.45, 7) is 2.32. The Morgan fingerprint density at radius 1 is 1.22 bits per heavy atom. The van der Waals surface area contributed by atoms with Gasteiger partial charge in [-0.1, -0.05) is 12.2 Å². The molecule has 1 aliphatic heterocycles. The van der Waals surface area contributed by atoms with Gasteiger partial charge in [0.05, 0.1) is 30.5 Å². The molecule has 5 heteroatoms. The minimum atomic E-state index is -0.877. The predicted molar refractivity (Wildman–Crippen MR) is 62.6 cm³/mol. The molecule has 2 fully saturated rings. The molecule has 5 nitrogen and oxygen atoms in total. The third-order valence-electron chi connectivity index (χ3n) is 4.40. The molecule has 0 aromatic heterocycles. The number of carboxylic acid groups (broad SMARTS) is 1. The second-order valence-electron chi connectivity index (χ2n) is 6.03. The highest BCUT2D eigenvalue weighted by Gasteiger charge is 2.54. The zero-order valence-corrected chi connectivity index (χ0v) is 10.2. The summed E-state index contributed by atoms with van der Waals surface area (Å²) in [5, 5.41) is 18.9. The summed E-state index contributed by atoms with van der Waals surface area (Å²) in [5.74, 6) is -1.94. The van der Waals surface area contributed by atoms with Gasteiger partial charge in [0.15, 0.2) is 0 Å². The predicted octanol–water partition coefficient (Wildman–Crippen LogP) is 0.103. The zero-order valence-electron chi connectivity index (χ0n) is 10.2. The van der Waals surface area contributed by atoms with Crippen molar-refractivity contribution in [3.8, 4) is 0 Å². The Balaban J connectivity index is 1.77. The van der Waals surface area contributed by atoms with Gasteiger partial charge in [0.25, 0.3) is 0 Å². The topological polar surface area (TPSA) is 77.8 Å². The molecular weight excluding hydrogens is 234 g/mol. The van der Waals surface area contributed by atoms with Crippen LogP contribution >= 0.6 is 0 Å². The molecular formula is C13H17NO4. The van der Waals surface area contributed by atoms with E-state index >= 15 is 0 Å². The zero-order chi connectivity index (χ0) is 13.1. The van der Waals surface area contributed by atoms with Crippen molar-refractivity contribution in [2.24, 2.45) is 23.7 Å². The third-order valence-corrected chi connectivity index (χ3v) is 4.40. The molecule has 2 bridgehead atoms.